The van der Waals surface area contributed by atoms with Gasteiger partial charge in [0.1, 0.15) is 13.2 Å². The first-order valence-corrected chi connectivity index (χ1v) is 5.65. The van der Waals surface area contributed by atoms with Crippen LogP contribution < -0.4 is 10.3 Å². The number of hydrogen-bond acceptors (Lipinski definition) is 5. The average molecular weight is 255 g/mol. The van der Waals surface area contributed by atoms with Crippen molar-refractivity contribution in [1.29, 1.82) is 0 Å². The molecule has 0 aliphatic heterocycles. The van der Waals surface area contributed by atoms with Gasteiger partial charge in [0, 0.05) is 12.8 Å². The van der Waals surface area contributed by atoms with Crippen LogP contribution in [-0.2, 0) is 20.8 Å². The molecular formula is C12H17NO5. The normalized spacial score (nSPS) is 10.1. The van der Waals surface area contributed by atoms with E-state index in [2.05, 4.69) is 0 Å². The zero-order valence-electron chi connectivity index (χ0n) is 10.5. The molecule has 0 unspecified atom stereocenters. The summed E-state index contributed by atoms with van der Waals surface area (Å²) < 4.78 is 16.1. The highest BCUT2D eigenvalue weighted by Gasteiger charge is 2.08. The van der Waals surface area contributed by atoms with Gasteiger partial charge in [0.05, 0.1) is 13.7 Å². The number of aromatic nitrogens is 1. The number of pyridine rings is 1. The molecule has 0 atom stereocenters. The van der Waals surface area contributed by atoms with Gasteiger partial charge in [-0.3, -0.25) is 9.59 Å². The van der Waals surface area contributed by atoms with Crippen LogP contribution in [0.2, 0.25) is 0 Å². The van der Waals surface area contributed by atoms with Gasteiger partial charge >= 0.3 is 5.97 Å². The minimum absolute atomic E-state index is 0.137. The summed E-state index contributed by atoms with van der Waals surface area (Å²) >= 11 is 0. The highest BCUT2D eigenvalue weighted by Crippen LogP contribution is 2.00. The largest absolute Gasteiger partial charge is 0.491 e. The molecule has 0 amide bonds. The summed E-state index contributed by atoms with van der Waals surface area (Å²) in [5.41, 5.74) is -0.359. The quantitative estimate of drug-likeness (QED) is 0.522. The van der Waals surface area contributed by atoms with Crippen molar-refractivity contribution in [3.63, 3.8) is 0 Å². The summed E-state index contributed by atoms with van der Waals surface area (Å²) in [5.74, 6) is -0.287. The van der Waals surface area contributed by atoms with Gasteiger partial charge in [-0.25, -0.2) is 0 Å². The van der Waals surface area contributed by atoms with Crippen molar-refractivity contribution in [3.8, 4) is 5.75 Å². The van der Waals surface area contributed by atoms with Crippen LogP contribution in [0.3, 0.4) is 0 Å². The molecule has 0 spiro atoms. The Balaban J connectivity index is 2.52. The fraction of sp³-hybridized carbons (Fsp3) is 0.500. The van der Waals surface area contributed by atoms with E-state index in [0.717, 1.165) is 0 Å². The maximum absolute atomic E-state index is 11.7. The third-order valence-corrected chi connectivity index (χ3v) is 2.20. The molecule has 0 N–H and O–H groups in total. The molecule has 6 heteroatoms. The first kappa shape index (κ1) is 14.2. The fourth-order valence-electron chi connectivity index (χ4n) is 1.34. The molecule has 0 radical (unpaired) electrons. The minimum Gasteiger partial charge on any atom is -0.491 e. The number of esters is 1. The number of hydrogen-bond donors (Lipinski definition) is 0. The molecular weight excluding hydrogens is 238 g/mol. The van der Waals surface area contributed by atoms with E-state index in [9.17, 15) is 9.59 Å². The van der Waals surface area contributed by atoms with E-state index < -0.39 is 5.97 Å². The van der Waals surface area contributed by atoms with Crippen LogP contribution in [0.1, 0.15) is 6.92 Å². The first-order valence-electron chi connectivity index (χ1n) is 5.65. The lowest BCUT2D eigenvalue weighted by molar-refractivity contribution is -0.145. The van der Waals surface area contributed by atoms with Gasteiger partial charge in [-0.15, -0.1) is 0 Å². The maximum atomic E-state index is 11.7. The Morgan fingerprint density at radius 2 is 2.17 bits per heavy atom. The molecule has 18 heavy (non-hydrogen) atoms. The Kier molecular flexibility index (Phi) is 5.93. The van der Waals surface area contributed by atoms with E-state index in [1.54, 1.807) is 12.1 Å². The molecule has 1 heterocycles. The smallest absolute Gasteiger partial charge is 0.326 e. The molecule has 0 saturated carbocycles. The lowest BCUT2D eigenvalue weighted by Crippen LogP contribution is -2.26. The minimum atomic E-state index is -0.481. The van der Waals surface area contributed by atoms with Crippen LogP contribution in [0.25, 0.3) is 0 Å². The van der Waals surface area contributed by atoms with Crippen molar-refractivity contribution in [2.45, 2.75) is 13.5 Å². The Bertz CT molecular complexity index is 440. The molecule has 0 bridgehead atoms. The second-order valence-corrected chi connectivity index (χ2v) is 3.43. The Morgan fingerprint density at radius 3 is 2.83 bits per heavy atom. The second-order valence-electron chi connectivity index (χ2n) is 3.43. The number of carbonyl (C=O) groups is 1. The number of rotatable bonds is 7. The molecule has 1 rings (SSSR count). The molecule has 6 nitrogen and oxygen atoms in total. The Labute approximate surface area is 105 Å². The molecule has 100 valence electrons. The SMILES string of the molecule is CCOCCOC(=O)Cn1cccc(OC)c1=O. The van der Waals surface area contributed by atoms with Gasteiger partial charge in [0.25, 0.3) is 5.56 Å². The zero-order valence-corrected chi connectivity index (χ0v) is 10.5. The molecule has 0 fully saturated rings. The highest BCUT2D eigenvalue weighted by molar-refractivity contribution is 5.69. The van der Waals surface area contributed by atoms with E-state index in [-0.39, 0.29) is 24.5 Å². The Hall–Kier alpha value is -1.82. The van der Waals surface area contributed by atoms with Crippen molar-refractivity contribution in [1.82, 2.24) is 4.57 Å². The molecule has 1 aromatic rings. The summed E-state index contributed by atoms with van der Waals surface area (Å²) in [6, 6.07) is 3.17. The molecule has 0 saturated heterocycles. The van der Waals surface area contributed by atoms with Crippen LogP contribution in [0.4, 0.5) is 0 Å². The third-order valence-electron chi connectivity index (χ3n) is 2.20. The van der Waals surface area contributed by atoms with Gasteiger partial charge in [-0.05, 0) is 19.1 Å². The monoisotopic (exact) mass is 255 g/mol. The summed E-state index contributed by atoms with van der Waals surface area (Å²) in [6.45, 7) is 2.84. The van der Waals surface area contributed by atoms with Gasteiger partial charge in [-0.2, -0.15) is 0 Å². The van der Waals surface area contributed by atoms with Crippen LogP contribution in [-0.4, -0.2) is 37.5 Å². The van der Waals surface area contributed by atoms with E-state index in [0.29, 0.717) is 13.2 Å². The standard InChI is InChI=1S/C12H17NO5/c1-3-17-7-8-18-11(14)9-13-6-4-5-10(16-2)12(13)15/h4-6H,3,7-9H2,1-2H3. The van der Waals surface area contributed by atoms with Crippen LogP contribution in [0, 0.1) is 0 Å². The predicted octanol–water partition coefficient (Wildman–Crippen LogP) is 0.437. The van der Waals surface area contributed by atoms with E-state index in [4.69, 9.17) is 14.2 Å². The molecule has 0 aliphatic rings. The fourth-order valence-corrected chi connectivity index (χ4v) is 1.34. The van der Waals surface area contributed by atoms with Crippen molar-refractivity contribution >= 4 is 5.97 Å². The number of methoxy groups -OCH3 is 1. The summed E-state index contributed by atoms with van der Waals surface area (Å²) in [5, 5.41) is 0. The highest BCUT2D eigenvalue weighted by atomic mass is 16.6. The first-order chi connectivity index (χ1) is 8.69. The van der Waals surface area contributed by atoms with E-state index in [1.807, 2.05) is 6.92 Å². The zero-order chi connectivity index (χ0) is 13.4. The van der Waals surface area contributed by atoms with Gasteiger partial charge < -0.3 is 18.8 Å². The lowest BCUT2D eigenvalue weighted by atomic mass is 10.4. The molecule has 0 aliphatic carbocycles. The summed E-state index contributed by atoms with van der Waals surface area (Å²) in [4.78, 5) is 23.2. The third kappa shape index (κ3) is 4.21. The van der Waals surface area contributed by atoms with Crippen molar-refractivity contribution in [2.75, 3.05) is 26.9 Å². The molecule has 0 aromatic carbocycles. The van der Waals surface area contributed by atoms with Crippen LogP contribution in [0.5, 0.6) is 5.75 Å². The number of ether oxygens (including phenoxy) is 3. The topological polar surface area (TPSA) is 66.8 Å². The number of nitrogens with zero attached hydrogens (tertiary/aromatic N) is 1. The predicted molar refractivity (Wildman–Crippen MR) is 64.7 cm³/mol. The van der Waals surface area contributed by atoms with Crippen molar-refractivity contribution in [2.24, 2.45) is 0 Å². The summed E-state index contributed by atoms with van der Waals surface area (Å²) in [7, 11) is 1.40. The second kappa shape index (κ2) is 7.50. The summed E-state index contributed by atoms with van der Waals surface area (Å²) in [6.07, 6.45) is 1.51. The van der Waals surface area contributed by atoms with Crippen LogP contribution >= 0.6 is 0 Å². The lowest BCUT2D eigenvalue weighted by Gasteiger charge is -2.08. The van der Waals surface area contributed by atoms with E-state index >= 15 is 0 Å². The van der Waals surface area contributed by atoms with Crippen LogP contribution in [0.15, 0.2) is 23.1 Å². The average Bonchev–Trinajstić information content (AvgIpc) is 2.37. The maximum Gasteiger partial charge on any atom is 0.326 e. The van der Waals surface area contributed by atoms with Crippen molar-refractivity contribution in [3.05, 3.63) is 28.7 Å². The number of carbonyl (C=O) groups excluding carboxylic acids is 1. The van der Waals surface area contributed by atoms with Crippen molar-refractivity contribution < 1.29 is 19.0 Å². The molecule has 1 aromatic heterocycles. The van der Waals surface area contributed by atoms with E-state index in [1.165, 1.54) is 17.9 Å². The van der Waals surface area contributed by atoms with Gasteiger partial charge in [0.15, 0.2) is 5.75 Å². The Morgan fingerprint density at radius 1 is 1.39 bits per heavy atom. The van der Waals surface area contributed by atoms with Gasteiger partial charge in [-0.1, -0.05) is 0 Å². The van der Waals surface area contributed by atoms with Gasteiger partial charge in [0.2, 0.25) is 0 Å².